The molecule has 0 spiro atoms. The van der Waals surface area contributed by atoms with E-state index in [0.717, 1.165) is 0 Å². The van der Waals surface area contributed by atoms with Gasteiger partial charge in [-0.2, -0.15) is 5.26 Å². The number of aromatic nitrogens is 1. The number of aryl methyl sites for hydroxylation is 1. The first-order valence-electron chi connectivity index (χ1n) is 5.45. The van der Waals surface area contributed by atoms with Gasteiger partial charge in [-0.3, -0.25) is 14.9 Å². The minimum absolute atomic E-state index is 0.0417. The van der Waals surface area contributed by atoms with Crippen molar-refractivity contribution in [3.8, 4) is 6.07 Å². The number of anilines is 1. The number of benzene rings is 1. The summed E-state index contributed by atoms with van der Waals surface area (Å²) >= 11 is 0. The fraction of sp³-hybridized carbons (Fsp3) is 0.0833. The van der Waals surface area contributed by atoms with Crippen LogP contribution in [0.3, 0.4) is 0 Å². The van der Waals surface area contributed by atoms with Crippen LogP contribution in [0.25, 0.3) is 0 Å². The average Bonchev–Trinajstić information content (AvgIpc) is 2.81. The fourth-order valence-electron chi connectivity index (χ4n) is 1.55. The molecule has 8 heteroatoms. The molecule has 0 saturated heterocycles. The maximum Gasteiger partial charge on any atom is 0.344 e. The zero-order chi connectivity index (χ0) is 14.7. The van der Waals surface area contributed by atoms with Crippen LogP contribution in [-0.2, 0) is 0 Å². The predicted molar refractivity (Wildman–Crippen MR) is 67.0 cm³/mol. The molecule has 100 valence electrons. The molecule has 1 heterocycles. The highest BCUT2D eigenvalue weighted by molar-refractivity contribution is 6.05. The Hall–Kier alpha value is -3.21. The summed E-state index contributed by atoms with van der Waals surface area (Å²) in [6.07, 6.45) is 0. The summed E-state index contributed by atoms with van der Waals surface area (Å²) in [6.45, 7) is 1.35. The number of carbonyl (C=O) groups excluding carboxylic acids is 1. The second kappa shape index (κ2) is 5.19. The van der Waals surface area contributed by atoms with Crippen molar-refractivity contribution < 1.29 is 14.2 Å². The smallest absolute Gasteiger partial charge is 0.344 e. The average molecular weight is 272 g/mol. The number of nitriles is 1. The Balaban J connectivity index is 2.24. The van der Waals surface area contributed by atoms with Crippen LogP contribution in [-0.4, -0.2) is 16.0 Å². The quantitative estimate of drug-likeness (QED) is 0.673. The van der Waals surface area contributed by atoms with E-state index < -0.39 is 22.2 Å². The van der Waals surface area contributed by atoms with E-state index in [-0.39, 0.29) is 5.76 Å². The lowest BCUT2D eigenvalue weighted by molar-refractivity contribution is -0.386. The second-order valence-electron chi connectivity index (χ2n) is 3.84. The number of rotatable bonds is 3. The van der Waals surface area contributed by atoms with Crippen molar-refractivity contribution in [2.75, 3.05) is 5.32 Å². The Morgan fingerprint density at radius 3 is 2.65 bits per heavy atom. The molecule has 0 aliphatic rings. The molecule has 1 aromatic carbocycles. The minimum Gasteiger partial charge on any atom is -0.353 e. The van der Waals surface area contributed by atoms with Crippen LogP contribution in [0, 0.1) is 28.4 Å². The van der Waals surface area contributed by atoms with Crippen LogP contribution in [0.2, 0.25) is 0 Å². The number of carbonyl (C=O) groups is 1. The molecule has 0 fully saturated rings. The van der Waals surface area contributed by atoms with Crippen molar-refractivity contribution in [1.82, 2.24) is 5.16 Å². The summed E-state index contributed by atoms with van der Waals surface area (Å²) in [4.78, 5) is 22.0. The van der Waals surface area contributed by atoms with Gasteiger partial charge in [0.15, 0.2) is 0 Å². The van der Waals surface area contributed by atoms with Gasteiger partial charge in [0.05, 0.1) is 16.6 Å². The van der Waals surface area contributed by atoms with Crippen LogP contribution in [0.5, 0.6) is 0 Å². The van der Waals surface area contributed by atoms with E-state index in [9.17, 15) is 14.9 Å². The lowest BCUT2D eigenvalue weighted by Gasteiger charge is -2.02. The first kappa shape index (κ1) is 13.2. The minimum atomic E-state index is -0.752. The normalized spacial score (nSPS) is 9.80. The number of hydrogen-bond donors (Lipinski definition) is 1. The highest BCUT2D eigenvalue weighted by atomic mass is 16.6. The van der Waals surface area contributed by atoms with Gasteiger partial charge in [0.1, 0.15) is 0 Å². The predicted octanol–water partition coefficient (Wildman–Crippen LogP) is 2.02. The standard InChI is InChI=1S/C12H8N4O4/c1-7-11(16(18)19)10(15-20-7)12(17)14-9-4-2-8(6-13)3-5-9/h2-5H,1H3,(H,14,17). The molecule has 1 N–H and O–H groups in total. The second-order valence-corrected chi connectivity index (χ2v) is 3.84. The first-order valence-corrected chi connectivity index (χ1v) is 5.45. The molecule has 0 radical (unpaired) electrons. The maximum atomic E-state index is 11.9. The van der Waals surface area contributed by atoms with Gasteiger partial charge in [-0.1, -0.05) is 5.16 Å². The molecule has 0 unspecified atom stereocenters. The van der Waals surface area contributed by atoms with Crippen molar-refractivity contribution in [1.29, 1.82) is 5.26 Å². The number of nitrogens with one attached hydrogen (secondary N) is 1. The van der Waals surface area contributed by atoms with Crippen LogP contribution < -0.4 is 5.32 Å². The summed E-state index contributed by atoms with van der Waals surface area (Å²) in [5.41, 5.74) is -0.0248. The highest BCUT2D eigenvalue weighted by Gasteiger charge is 2.29. The van der Waals surface area contributed by atoms with E-state index in [2.05, 4.69) is 15.0 Å². The Kier molecular flexibility index (Phi) is 3.43. The Labute approximate surface area is 112 Å². The third-order valence-electron chi connectivity index (χ3n) is 2.50. The Morgan fingerprint density at radius 1 is 1.45 bits per heavy atom. The van der Waals surface area contributed by atoms with E-state index in [0.29, 0.717) is 11.3 Å². The van der Waals surface area contributed by atoms with Gasteiger partial charge in [0, 0.05) is 12.6 Å². The molecule has 8 nitrogen and oxygen atoms in total. The highest BCUT2D eigenvalue weighted by Crippen LogP contribution is 2.23. The number of nitrogens with zero attached hydrogens (tertiary/aromatic N) is 3. The van der Waals surface area contributed by atoms with Gasteiger partial charge in [-0.15, -0.1) is 0 Å². The van der Waals surface area contributed by atoms with Gasteiger partial charge in [-0.25, -0.2) is 0 Å². The molecule has 1 amide bonds. The number of nitro groups is 1. The first-order chi connectivity index (χ1) is 9.52. The number of amides is 1. The number of hydrogen-bond acceptors (Lipinski definition) is 6. The molecule has 20 heavy (non-hydrogen) atoms. The van der Waals surface area contributed by atoms with E-state index in [1.54, 1.807) is 0 Å². The molecule has 0 aliphatic carbocycles. The summed E-state index contributed by atoms with van der Waals surface area (Å²) in [5.74, 6) is -0.793. The Morgan fingerprint density at radius 2 is 2.10 bits per heavy atom. The molecule has 2 rings (SSSR count). The summed E-state index contributed by atoms with van der Waals surface area (Å²) in [5, 5.41) is 25.3. The van der Waals surface area contributed by atoms with E-state index in [4.69, 9.17) is 5.26 Å². The van der Waals surface area contributed by atoms with Gasteiger partial charge in [0.2, 0.25) is 11.5 Å². The van der Waals surface area contributed by atoms with Crippen molar-refractivity contribution in [3.63, 3.8) is 0 Å². The fourth-order valence-corrected chi connectivity index (χ4v) is 1.55. The zero-order valence-corrected chi connectivity index (χ0v) is 10.3. The van der Waals surface area contributed by atoms with Gasteiger partial charge < -0.3 is 9.84 Å². The summed E-state index contributed by atoms with van der Waals surface area (Å²) in [7, 11) is 0. The summed E-state index contributed by atoms with van der Waals surface area (Å²) in [6, 6.07) is 7.98. The topological polar surface area (TPSA) is 122 Å². The zero-order valence-electron chi connectivity index (χ0n) is 10.3. The van der Waals surface area contributed by atoms with Gasteiger partial charge in [0.25, 0.3) is 5.91 Å². The lowest BCUT2D eigenvalue weighted by Crippen LogP contribution is -2.14. The van der Waals surface area contributed by atoms with Crippen LogP contribution >= 0.6 is 0 Å². The van der Waals surface area contributed by atoms with E-state index in [1.165, 1.54) is 31.2 Å². The SMILES string of the molecule is Cc1onc(C(=O)Nc2ccc(C#N)cc2)c1[N+](=O)[O-]. The van der Waals surface area contributed by atoms with Crippen LogP contribution in [0.1, 0.15) is 21.8 Å². The largest absolute Gasteiger partial charge is 0.353 e. The molecule has 0 bridgehead atoms. The van der Waals surface area contributed by atoms with Crippen molar-refractivity contribution in [2.24, 2.45) is 0 Å². The molecular formula is C12H8N4O4. The van der Waals surface area contributed by atoms with Crippen molar-refractivity contribution >= 4 is 17.3 Å². The lowest BCUT2D eigenvalue weighted by atomic mass is 10.2. The third-order valence-corrected chi connectivity index (χ3v) is 2.50. The molecule has 0 saturated carbocycles. The van der Waals surface area contributed by atoms with Crippen LogP contribution in [0.15, 0.2) is 28.8 Å². The Bertz CT molecular complexity index is 712. The summed E-state index contributed by atoms with van der Waals surface area (Å²) < 4.78 is 4.66. The molecule has 1 aromatic heterocycles. The molecular weight excluding hydrogens is 264 g/mol. The molecule has 0 atom stereocenters. The van der Waals surface area contributed by atoms with Crippen molar-refractivity contribution in [3.05, 3.63) is 51.4 Å². The van der Waals surface area contributed by atoms with Crippen LogP contribution in [0.4, 0.5) is 11.4 Å². The molecule has 0 aliphatic heterocycles. The van der Waals surface area contributed by atoms with Gasteiger partial charge in [-0.05, 0) is 24.3 Å². The monoisotopic (exact) mass is 272 g/mol. The van der Waals surface area contributed by atoms with E-state index >= 15 is 0 Å². The van der Waals surface area contributed by atoms with Crippen molar-refractivity contribution in [2.45, 2.75) is 6.92 Å². The third kappa shape index (κ3) is 2.46. The van der Waals surface area contributed by atoms with E-state index in [1.807, 2.05) is 6.07 Å². The maximum absolute atomic E-state index is 11.9. The molecule has 2 aromatic rings. The van der Waals surface area contributed by atoms with Gasteiger partial charge >= 0.3 is 5.69 Å².